The topological polar surface area (TPSA) is 120 Å². The molecule has 0 saturated heterocycles. The lowest BCUT2D eigenvalue weighted by Crippen LogP contribution is -2.31. The van der Waals surface area contributed by atoms with Crippen LogP contribution in [0.3, 0.4) is 0 Å². The average Bonchev–Trinajstić information content (AvgIpc) is 3.49. The van der Waals surface area contributed by atoms with Crippen molar-refractivity contribution in [2.75, 3.05) is 7.05 Å². The molecular formula is C18H13BrF3N7O2S2. The highest BCUT2D eigenvalue weighted by Gasteiger charge is 2.37. The minimum atomic E-state index is -4.65. The van der Waals surface area contributed by atoms with Gasteiger partial charge in [-0.2, -0.15) is 27.3 Å². The highest BCUT2D eigenvalue weighted by Crippen LogP contribution is 2.39. The van der Waals surface area contributed by atoms with Crippen LogP contribution in [0.1, 0.15) is 44.5 Å². The van der Waals surface area contributed by atoms with E-state index in [-0.39, 0.29) is 20.5 Å². The number of primary amides is 1. The first kappa shape index (κ1) is 23.3. The molecule has 0 spiro atoms. The fourth-order valence-corrected chi connectivity index (χ4v) is 5.15. The van der Waals surface area contributed by atoms with Gasteiger partial charge in [-0.3, -0.25) is 9.59 Å². The molecule has 2 N–H and O–H groups in total. The Labute approximate surface area is 200 Å². The first-order valence-electron chi connectivity index (χ1n) is 9.08. The molecule has 1 atom stereocenters. The number of halogens is 4. The van der Waals surface area contributed by atoms with Crippen LogP contribution in [0.5, 0.6) is 0 Å². The van der Waals surface area contributed by atoms with Gasteiger partial charge in [-0.25, -0.2) is 9.97 Å². The lowest BCUT2D eigenvalue weighted by Gasteiger charge is -2.24. The largest absolute Gasteiger partial charge is 0.435 e. The fraction of sp³-hybridized carbons (Fsp3) is 0.222. The smallest absolute Gasteiger partial charge is 0.365 e. The summed E-state index contributed by atoms with van der Waals surface area (Å²) in [7, 11) is 1.50. The molecule has 0 aliphatic rings. The zero-order chi connectivity index (χ0) is 24.1. The Balaban J connectivity index is 1.70. The summed E-state index contributed by atoms with van der Waals surface area (Å²) in [5, 5.41) is 4.28. The van der Waals surface area contributed by atoms with E-state index in [0.29, 0.717) is 27.0 Å². The number of rotatable bonds is 5. The van der Waals surface area contributed by atoms with Crippen LogP contribution in [0.2, 0.25) is 0 Å². The van der Waals surface area contributed by atoms with Crippen molar-refractivity contribution in [3.8, 4) is 5.13 Å². The summed E-state index contributed by atoms with van der Waals surface area (Å²) in [4.78, 5) is 34.6. The van der Waals surface area contributed by atoms with Gasteiger partial charge in [-0.15, -0.1) is 0 Å². The summed E-state index contributed by atoms with van der Waals surface area (Å²) in [5.74, 6) is -0.831. The van der Waals surface area contributed by atoms with Gasteiger partial charge in [-0.1, -0.05) is 27.3 Å². The van der Waals surface area contributed by atoms with Crippen molar-refractivity contribution in [1.29, 1.82) is 0 Å². The SMILES string of the molecule is C[C@@H](c1ncnn1-c1ncc(C(N)=O)s1)N(C)C(=O)c1cc(Br)cc2c(C(F)(F)F)nsc12. The third-order valence-corrected chi connectivity index (χ3v) is 7.14. The van der Waals surface area contributed by atoms with Crippen molar-refractivity contribution in [3.05, 3.63) is 51.1 Å². The zero-order valence-corrected chi connectivity index (χ0v) is 20.0. The molecule has 4 aromatic rings. The van der Waals surface area contributed by atoms with Crippen LogP contribution in [0.4, 0.5) is 13.2 Å². The van der Waals surface area contributed by atoms with E-state index >= 15 is 0 Å². The molecule has 4 rings (SSSR count). The summed E-state index contributed by atoms with van der Waals surface area (Å²) in [6, 6.07) is 2.10. The third-order valence-electron chi connectivity index (χ3n) is 4.80. The maximum Gasteiger partial charge on any atom is 0.435 e. The van der Waals surface area contributed by atoms with Crippen LogP contribution in [0.25, 0.3) is 15.2 Å². The Hall–Kier alpha value is -2.91. The van der Waals surface area contributed by atoms with E-state index in [1.165, 1.54) is 41.3 Å². The standard InChI is InChI=1S/C18H13BrF3N7O2S2/c1-7(15-25-6-26-29(15)17-24-5-11(32-17)14(23)30)28(2)16(31)10-4-8(19)3-9-12(10)33-27-13(9)18(20,21)22/h3-7H,1-2H3,(H2,23,30)/t7-/m0/s1. The lowest BCUT2D eigenvalue weighted by atomic mass is 10.1. The van der Waals surface area contributed by atoms with E-state index < -0.39 is 29.7 Å². The van der Waals surface area contributed by atoms with Crippen molar-refractivity contribution in [2.24, 2.45) is 5.73 Å². The van der Waals surface area contributed by atoms with Gasteiger partial charge in [0.05, 0.1) is 22.5 Å². The van der Waals surface area contributed by atoms with Crippen molar-refractivity contribution >= 4 is 60.7 Å². The van der Waals surface area contributed by atoms with E-state index in [9.17, 15) is 22.8 Å². The Morgan fingerprint density at radius 1 is 1.27 bits per heavy atom. The quantitative estimate of drug-likeness (QED) is 0.394. The second-order valence-electron chi connectivity index (χ2n) is 6.85. The summed E-state index contributed by atoms with van der Waals surface area (Å²) >= 11 is 4.81. The lowest BCUT2D eigenvalue weighted by molar-refractivity contribution is -0.139. The molecule has 172 valence electrons. The average molecular weight is 560 g/mol. The molecule has 1 aromatic carbocycles. The number of nitrogens with two attached hydrogens (primary N) is 1. The van der Waals surface area contributed by atoms with Gasteiger partial charge in [0.2, 0.25) is 5.13 Å². The van der Waals surface area contributed by atoms with Crippen LogP contribution in [-0.2, 0) is 6.18 Å². The molecule has 2 amide bonds. The molecule has 3 heterocycles. The monoisotopic (exact) mass is 559 g/mol. The number of thiazole rings is 1. The van der Waals surface area contributed by atoms with Gasteiger partial charge in [0.25, 0.3) is 11.8 Å². The molecular weight excluding hydrogens is 547 g/mol. The maximum atomic E-state index is 13.3. The molecule has 0 saturated carbocycles. The second kappa shape index (κ2) is 8.46. The van der Waals surface area contributed by atoms with Crippen molar-refractivity contribution in [2.45, 2.75) is 19.1 Å². The van der Waals surface area contributed by atoms with E-state index in [2.05, 4.69) is 35.4 Å². The first-order chi connectivity index (χ1) is 15.5. The van der Waals surface area contributed by atoms with E-state index in [0.717, 1.165) is 11.3 Å². The van der Waals surface area contributed by atoms with Crippen LogP contribution >= 0.6 is 38.8 Å². The summed E-state index contributed by atoms with van der Waals surface area (Å²) < 4.78 is 45.3. The zero-order valence-electron chi connectivity index (χ0n) is 16.8. The summed E-state index contributed by atoms with van der Waals surface area (Å²) in [6.07, 6.45) is -2.06. The number of alkyl halides is 3. The van der Waals surface area contributed by atoms with Crippen molar-refractivity contribution < 1.29 is 22.8 Å². The number of amides is 2. The summed E-state index contributed by atoms with van der Waals surface area (Å²) in [5.41, 5.74) is 4.30. The minimum absolute atomic E-state index is 0.0676. The molecule has 0 aliphatic carbocycles. The van der Waals surface area contributed by atoms with Crippen LogP contribution in [0, 0.1) is 0 Å². The maximum absolute atomic E-state index is 13.3. The van der Waals surface area contributed by atoms with Crippen LogP contribution < -0.4 is 5.73 Å². The van der Waals surface area contributed by atoms with Gasteiger partial charge in [0, 0.05) is 16.9 Å². The van der Waals surface area contributed by atoms with Gasteiger partial charge in [-0.05, 0) is 30.6 Å². The molecule has 9 nitrogen and oxygen atoms in total. The number of benzene rings is 1. The van der Waals surface area contributed by atoms with Crippen molar-refractivity contribution in [3.63, 3.8) is 0 Å². The third kappa shape index (κ3) is 4.22. The predicted octanol–water partition coefficient (Wildman–Crippen LogP) is 4.05. The van der Waals surface area contributed by atoms with Gasteiger partial charge < -0.3 is 10.6 Å². The van der Waals surface area contributed by atoms with Gasteiger partial charge in [0.1, 0.15) is 11.2 Å². The Morgan fingerprint density at radius 3 is 2.64 bits per heavy atom. The minimum Gasteiger partial charge on any atom is -0.365 e. The van der Waals surface area contributed by atoms with E-state index in [1.807, 2.05) is 0 Å². The number of aromatic nitrogens is 5. The van der Waals surface area contributed by atoms with Crippen molar-refractivity contribution in [1.82, 2.24) is 29.0 Å². The number of carbonyl (C=O) groups is 2. The molecule has 0 aliphatic heterocycles. The molecule has 33 heavy (non-hydrogen) atoms. The molecule has 3 aromatic heterocycles. The van der Waals surface area contributed by atoms with E-state index in [1.54, 1.807) is 6.92 Å². The van der Waals surface area contributed by atoms with Gasteiger partial charge >= 0.3 is 6.18 Å². The molecule has 0 fully saturated rings. The Bertz CT molecular complexity index is 1380. The molecule has 0 radical (unpaired) electrons. The Kier molecular flexibility index (Phi) is 5.96. The van der Waals surface area contributed by atoms with Gasteiger partial charge in [0.15, 0.2) is 11.5 Å². The predicted molar refractivity (Wildman–Crippen MR) is 118 cm³/mol. The highest BCUT2D eigenvalue weighted by atomic mass is 79.9. The number of fused-ring (bicyclic) bond motifs is 1. The van der Waals surface area contributed by atoms with Crippen LogP contribution in [0.15, 0.2) is 29.1 Å². The van der Waals surface area contributed by atoms with E-state index in [4.69, 9.17) is 5.73 Å². The number of nitrogens with zero attached hydrogens (tertiary/aromatic N) is 6. The molecule has 0 bridgehead atoms. The second-order valence-corrected chi connectivity index (χ2v) is 9.55. The first-order valence-corrected chi connectivity index (χ1v) is 11.5. The fourth-order valence-electron chi connectivity index (χ4n) is 3.07. The number of hydrogen-bond acceptors (Lipinski definition) is 8. The highest BCUT2D eigenvalue weighted by molar-refractivity contribution is 9.10. The number of hydrogen-bond donors (Lipinski definition) is 1. The number of carbonyl (C=O) groups excluding carboxylic acids is 2. The molecule has 0 unspecified atom stereocenters. The van der Waals surface area contributed by atoms with Crippen LogP contribution in [-0.4, -0.2) is 47.9 Å². The Morgan fingerprint density at radius 2 is 2.00 bits per heavy atom. The normalized spacial score (nSPS) is 12.8. The summed E-state index contributed by atoms with van der Waals surface area (Å²) in [6.45, 7) is 1.68. The molecule has 15 heteroatoms.